The lowest BCUT2D eigenvalue weighted by Crippen LogP contribution is -2.33. The van der Waals surface area contributed by atoms with Crippen molar-refractivity contribution in [3.05, 3.63) is 41.9 Å². The Hall–Kier alpha value is -2.61. The van der Waals surface area contributed by atoms with Crippen LogP contribution in [0.2, 0.25) is 0 Å². The average Bonchev–Trinajstić information content (AvgIpc) is 3.32. The number of likely N-dealkylation sites (tertiary alicyclic amines) is 1. The first-order valence-corrected chi connectivity index (χ1v) is 8.55. The van der Waals surface area contributed by atoms with Crippen LogP contribution in [0.15, 0.2) is 28.9 Å². The lowest BCUT2D eigenvalue weighted by Gasteiger charge is -2.22. The smallest absolute Gasteiger partial charge is 0.241 e. The quantitative estimate of drug-likeness (QED) is 0.703. The van der Waals surface area contributed by atoms with Gasteiger partial charge in [-0.15, -0.1) is 0 Å². The molecule has 8 nitrogen and oxygen atoms in total. The van der Waals surface area contributed by atoms with Crippen LogP contribution in [0.3, 0.4) is 0 Å². The molecule has 1 unspecified atom stereocenters. The van der Waals surface area contributed by atoms with Crippen LogP contribution >= 0.6 is 0 Å². The van der Waals surface area contributed by atoms with Crippen molar-refractivity contribution in [2.45, 2.75) is 45.8 Å². The van der Waals surface area contributed by atoms with E-state index in [1.54, 1.807) is 6.20 Å². The van der Waals surface area contributed by atoms with Crippen molar-refractivity contribution in [3.8, 4) is 11.5 Å². The second-order valence-electron chi connectivity index (χ2n) is 6.38. The lowest BCUT2D eigenvalue weighted by atomic mass is 10.2. The number of hydrogen-bond donors (Lipinski definition) is 0. The highest BCUT2D eigenvalue weighted by molar-refractivity contribution is 5.46. The Morgan fingerprint density at radius 3 is 2.92 bits per heavy atom. The second kappa shape index (κ2) is 6.72. The van der Waals surface area contributed by atoms with Crippen molar-refractivity contribution < 1.29 is 4.52 Å². The van der Waals surface area contributed by atoms with E-state index in [1.165, 1.54) is 6.42 Å². The molecule has 1 saturated heterocycles. The SMILES string of the molecule is Cc1nc(C)n(CC2CCCN2Cc2nc(-c3ccccn3)no2)n1. The molecule has 3 aromatic rings. The molecule has 0 saturated carbocycles. The van der Waals surface area contributed by atoms with Gasteiger partial charge in [0, 0.05) is 12.2 Å². The molecule has 0 aromatic carbocycles. The zero-order valence-corrected chi connectivity index (χ0v) is 14.5. The van der Waals surface area contributed by atoms with Crippen molar-refractivity contribution in [3.63, 3.8) is 0 Å². The van der Waals surface area contributed by atoms with Crippen LogP contribution in [0.1, 0.15) is 30.4 Å². The Balaban J connectivity index is 1.45. The maximum absolute atomic E-state index is 5.43. The van der Waals surface area contributed by atoms with Crippen molar-refractivity contribution in [1.82, 2.24) is 34.8 Å². The summed E-state index contributed by atoms with van der Waals surface area (Å²) in [5.41, 5.74) is 0.726. The fraction of sp³-hybridized carbons (Fsp3) is 0.471. The fourth-order valence-corrected chi connectivity index (χ4v) is 3.34. The van der Waals surface area contributed by atoms with Crippen molar-refractivity contribution >= 4 is 0 Å². The molecule has 0 N–H and O–H groups in total. The van der Waals surface area contributed by atoms with Crippen molar-refractivity contribution in [2.75, 3.05) is 6.54 Å². The number of hydrogen-bond acceptors (Lipinski definition) is 7. The van der Waals surface area contributed by atoms with Gasteiger partial charge in [-0.25, -0.2) is 9.67 Å². The van der Waals surface area contributed by atoms with E-state index in [-0.39, 0.29) is 0 Å². The van der Waals surface area contributed by atoms with Crippen LogP contribution in [0.5, 0.6) is 0 Å². The van der Waals surface area contributed by atoms with Gasteiger partial charge in [-0.2, -0.15) is 10.1 Å². The van der Waals surface area contributed by atoms with Gasteiger partial charge in [-0.05, 0) is 45.4 Å². The summed E-state index contributed by atoms with van der Waals surface area (Å²) in [5.74, 6) is 2.94. The van der Waals surface area contributed by atoms with E-state index in [0.29, 0.717) is 24.3 Å². The third-order valence-corrected chi connectivity index (χ3v) is 4.55. The first kappa shape index (κ1) is 15.9. The van der Waals surface area contributed by atoms with Crippen LogP contribution in [0, 0.1) is 13.8 Å². The van der Waals surface area contributed by atoms with Gasteiger partial charge in [-0.3, -0.25) is 9.88 Å². The molecule has 0 amide bonds. The first-order chi connectivity index (χ1) is 12.2. The van der Waals surface area contributed by atoms with Gasteiger partial charge in [0.25, 0.3) is 0 Å². The molecule has 8 heteroatoms. The lowest BCUT2D eigenvalue weighted by molar-refractivity contribution is 0.191. The predicted octanol–water partition coefficient (Wildman–Crippen LogP) is 2.00. The summed E-state index contributed by atoms with van der Waals surface area (Å²) in [7, 11) is 0. The predicted molar refractivity (Wildman–Crippen MR) is 90.5 cm³/mol. The number of pyridine rings is 1. The molecule has 130 valence electrons. The van der Waals surface area contributed by atoms with Crippen LogP contribution in [0.4, 0.5) is 0 Å². The minimum atomic E-state index is 0.407. The molecule has 0 aliphatic carbocycles. The number of nitrogens with zero attached hydrogens (tertiary/aromatic N) is 7. The Labute approximate surface area is 145 Å². The molecule has 4 rings (SSSR count). The zero-order chi connectivity index (χ0) is 17.2. The maximum atomic E-state index is 5.43. The third kappa shape index (κ3) is 3.43. The minimum absolute atomic E-state index is 0.407. The second-order valence-corrected chi connectivity index (χ2v) is 6.38. The van der Waals surface area contributed by atoms with E-state index in [9.17, 15) is 0 Å². The molecule has 1 atom stereocenters. The van der Waals surface area contributed by atoms with Crippen LogP contribution in [-0.4, -0.2) is 47.4 Å². The summed E-state index contributed by atoms with van der Waals surface area (Å²) in [6.07, 6.45) is 4.03. The molecule has 1 aliphatic rings. The molecule has 1 fully saturated rings. The average molecular weight is 339 g/mol. The fourth-order valence-electron chi connectivity index (χ4n) is 3.34. The molecule has 0 spiro atoms. The molecule has 1 aliphatic heterocycles. The van der Waals surface area contributed by atoms with Crippen molar-refractivity contribution in [1.29, 1.82) is 0 Å². The highest BCUT2D eigenvalue weighted by atomic mass is 16.5. The van der Waals surface area contributed by atoms with Gasteiger partial charge in [0.1, 0.15) is 17.3 Å². The molecular formula is C17H21N7O. The summed E-state index contributed by atoms with van der Waals surface area (Å²) < 4.78 is 7.42. The summed E-state index contributed by atoms with van der Waals surface area (Å²) >= 11 is 0. The summed E-state index contributed by atoms with van der Waals surface area (Å²) in [5, 5.41) is 8.53. The molecule has 4 heterocycles. The summed E-state index contributed by atoms with van der Waals surface area (Å²) in [4.78, 5) is 15.5. The Kier molecular flexibility index (Phi) is 4.27. The van der Waals surface area contributed by atoms with Crippen molar-refractivity contribution in [2.24, 2.45) is 0 Å². The maximum Gasteiger partial charge on any atom is 0.241 e. The normalized spacial score (nSPS) is 18.1. The minimum Gasteiger partial charge on any atom is -0.337 e. The van der Waals surface area contributed by atoms with E-state index >= 15 is 0 Å². The molecule has 3 aromatic heterocycles. The topological polar surface area (TPSA) is 85.8 Å². The molecule has 0 bridgehead atoms. The molecule has 25 heavy (non-hydrogen) atoms. The first-order valence-electron chi connectivity index (χ1n) is 8.55. The third-order valence-electron chi connectivity index (χ3n) is 4.55. The van der Waals surface area contributed by atoms with E-state index in [4.69, 9.17) is 4.52 Å². The number of aromatic nitrogens is 6. The summed E-state index contributed by atoms with van der Waals surface area (Å²) in [6.45, 7) is 6.44. The van der Waals surface area contributed by atoms with E-state index < -0.39 is 0 Å². The van der Waals surface area contributed by atoms with Gasteiger partial charge in [-0.1, -0.05) is 11.2 Å². The zero-order valence-electron chi connectivity index (χ0n) is 14.5. The highest BCUT2D eigenvalue weighted by Crippen LogP contribution is 2.22. The van der Waals surface area contributed by atoms with E-state index in [2.05, 4.69) is 30.1 Å². The van der Waals surface area contributed by atoms with Gasteiger partial charge in [0.15, 0.2) is 0 Å². The van der Waals surface area contributed by atoms with Crippen LogP contribution in [0.25, 0.3) is 11.5 Å². The summed E-state index contributed by atoms with van der Waals surface area (Å²) in [6, 6.07) is 6.07. The largest absolute Gasteiger partial charge is 0.337 e. The molecular weight excluding hydrogens is 318 g/mol. The van der Waals surface area contributed by atoms with Gasteiger partial charge < -0.3 is 4.52 Å². The monoisotopic (exact) mass is 339 g/mol. The van der Waals surface area contributed by atoms with Gasteiger partial charge in [0.2, 0.25) is 11.7 Å². The number of aryl methyl sites for hydroxylation is 2. The van der Waals surface area contributed by atoms with E-state index in [1.807, 2.05) is 36.7 Å². The molecule has 0 radical (unpaired) electrons. The van der Waals surface area contributed by atoms with Crippen LogP contribution in [-0.2, 0) is 13.1 Å². The standard InChI is InChI=1S/C17H21N7O/c1-12-19-13(2)24(21-12)10-14-6-5-9-23(14)11-16-20-17(22-25-16)15-7-3-4-8-18-15/h3-4,7-8,14H,5-6,9-11H2,1-2H3. The Bertz CT molecular complexity index is 842. The van der Waals surface area contributed by atoms with Gasteiger partial charge >= 0.3 is 0 Å². The highest BCUT2D eigenvalue weighted by Gasteiger charge is 2.27. The van der Waals surface area contributed by atoms with Gasteiger partial charge in [0.05, 0.1) is 13.1 Å². The van der Waals surface area contributed by atoms with Crippen LogP contribution < -0.4 is 0 Å². The Morgan fingerprint density at radius 1 is 1.24 bits per heavy atom. The Morgan fingerprint density at radius 2 is 2.16 bits per heavy atom. The van der Waals surface area contributed by atoms with E-state index in [0.717, 1.165) is 36.9 Å². The number of rotatable bonds is 5.